The molecule has 5 heteroatoms. The quantitative estimate of drug-likeness (QED) is 0.642. The Morgan fingerprint density at radius 3 is 2.96 bits per heavy atom. The molecule has 0 bridgehead atoms. The molecule has 1 unspecified atom stereocenters. The lowest BCUT2D eigenvalue weighted by Gasteiger charge is -2.25. The number of methoxy groups -OCH3 is 1. The van der Waals surface area contributed by atoms with E-state index in [2.05, 4.69) is 0 Å². The Labute approximate surface area is 135 Å². The summed E-state index contributed by atoms with van der Waals surface area (Å²) in [7, 11) is 1.66. The summed E-state index contributed by atoms with van der Waals surface area (Å²) in [5.74, 6) is 0.775. The van der Waals surface area contributed by atoms with E-state index in [1.54, 1.807) is 19.2 Å². The number of carbonyl (C=O) groups excluding carboxylic acids is 1. The van der Waals surface area contributed by atoms with Crippen molar-refractivity contribution in [2.75, 3.05) is 13.7 Å². The summed E-state index contributed by atoms with van der Waals surface area (Å²) in [5.41, 5.74) is 1.54. The number of para-hydroxylation sites is 1. The minimum absolute atomic E-state index is 0.0763. The Morgan fingerprint density at radius 1 is 1.35 bits per heavy atom. The molecular weight excluding hydrogens is 292 g/mol. The van der Waals surface area contributed by atoms with Gasteiger partial charge in [0.25, 0.3) is 5.91 Å². The third-order valence-corrected chi connectivity index (χ3v) is 4.31. The summed E-state index contributed by atoms with van der Waals surface area (Å²) >= 11 is 0. The van der Waals surface area contributed by atoms with Crippen molar-refractivity contribution < 1.29 is 14.3 Å². The van der Waals surface area contributed by atoms with Gasteiger partial charge in [0.1, 0.15) is 11.3 Å². The van der Waals surface area contributed by atoms with Gasteiger partial charge in [0, 0.05) is 18.7 Å². The maximum Gasteiger partial charge on any atom is 0.260 e. The number of benzene rings is 1. The average molecular weight is 312 g/mol. The van der Waals surface area contributed by atoms with Crippen LogP contribution in [0.25, 0.3) is 0 Å². The van der Waals surface area contributed by atoms with E-state index in [9.17, 15) is 10.0 Å². The Balaban J connectivity index is 1.79. The van der Waals surface area contributed by atoms with Crippen molar-refractivity contribution in [3.63, 3.8) is 0 Å². The first-order chi connectivity index (χ1) is 11.2. The largest absolute Gasteiger partial charge is 0.619 e. The highest BCUT2D eigenvalue weighted by molar-refractivity contribution is 5.94. The van der Waals surface area contributed by atoms with Crippen LogP contribution in [0.1, 0.15) is 28.8 Å². The zero-order valence-corrected chi connectivity index (χ0v) is 13.1. The second-order valence-corrected chi connectivity index (χ2v) is 5.76. The molecule has 0 radical (unpaired) electrons. The van der Waals surface area contributed by atoms with Gasteiger partial charge in [-0.2, -0.15) is 4.73 Å². The SMILES string of the molecule is COc1ccccc1CC1CCCN1C(=O)c1ccc[n+]([O-])c1. The third-order valence-electron chi connectivity index (χ3n) is 4.31. The molecular formula is C18H20N2O3. The summed E-state index contributed by atoms with van der Waals surface area (Å²) in [6.45, 7) is 0.729. The van der Waals surface area contributed by atoms with E-state index in [4.69, 9.17) is 4.74 Å². The monoisotopic (exact) mass is 312 g/mol. The fraction of sp³-hybridized carbons (Fsp3) is 0.333. The van der Waals surface area contributed by atoms with Crippen molar-refractivity contribution in [2.45, 2.75) is 25.3 Å². The third kappa shape index (κ3) is 3.28. The van der Waals surface area contributed by atoms with Crippen molar-refractivity contribution >= 4 is 5.91 Å². The predicted molar refractivity (Wildman–Crippen MR) is 86.2 cm³/mol. The molecule has 0 N–H and O–H groups in total. The molecule has 1 atom stereocenters. The molecule has 0 aliphatic carbocycles. The highest BCUT2D eigenvalue weighted by atomic mass is 16.5. The lowest BCUT2D eigenvalue weighted by molar-refractivity contribution is -0.605. The molecule has 3 rings (SSSR count). The van der Waals surface area contributed by atoms with Gasteiger partial charge in [0.2, 0.25) is 0 Å². The van der Waals surface area contributed by atoms with Crippen LogP contribution in [0.3, 0.4) is 0 Å². The Hall–Kier alpha value is -2.56. The maximum absolute atomic E-state index is 12.7. The normalized spacial score (nSPS) is 17.3. The molecule has 120 valence electrons. The van der Waals surface area contributed by atoms with E-state index in [-0.39, 0.29) is 11.9 Å². The van der Waals surface area contributed by atoms with E-state index < -0.39 is 0 Å². The number of likely N-dealkylation sites (tertiary alicyclic amines) is 1. The van der Waals surface area contributed by atoms with Crippen LogP contribution < -0.4 is 9.47 Å². The summed E-state index contributed by atoms with van der Waals surface area (Å²) in [6.07, 6.45) is 5.43. The molecule has 23 heavy (non-hydrogen) atoms. The van der Waals surface area contributed by atoms with Gasteiger partial charge in [-0.3, -0.25) is 4.79 Å². The number of amides is 1. The van der Waals surface area contributed by atoms with E-state index in [1.165, 1.54) is 12.4 Å². The van der Waals surface area contributed by atoms with Crippen molar-refractivity contribution in [2.24, 2.45) is 0 Å². The van der Waals surface area contributed by atoms with Gasteiger partial charge < -0.3 is 14.8 Å². The summed E-state index contributed by atoms with van der Waals surface area (Å²) < 4.78 is 6.07. The van der Waals surface area contributed by atoms with Gasteiger partial charge >= 0.3 is 0 Å². The zero-order valence-electron chi connectivity index (χ0n) is 13.1. The van der Waals surface area contributed by atoms with Crippen LogP contribution in [0.2, 0.25) is 0 Å². The van der Waals surface area contributed by atoms with Gasteiger partial charge in [-0.1, -0.05) is 18.2 Å². The van der Waals surface area contributed by atoms with Crippen LogP contribution in [0.5, 0.6) is 5.75 Å². The number of hydrogen-bond acceptors (Lipinski definition) is 3. The average Bonchev–Trinajstić information content (AvgIpc) is 3.03. The van der Waals surface area contributed by atoms with Crippen molar-refractivity contribution in [3.05, 3.63) is 65.1 Å². The van der Waals surface area contributed by atoms with Crippen LogP contribution in [0.4, 0.5) is 0 Å². The smallest absolute Gasteiger partial charge is 0.260 e. The highest BCUT2D eigenvalue weighted by Gasteiger charge is 2.30. The molecule has 5 nitrogen and oxygen atoms in total. The second kappa shape index (κ2) is 6.69. The lowest BCUT2D eigenvalue weighted by Crippen LogP contribution is -2.38. The number of aromatic nitrogens is 1. The minimum atomic E-state index is -0.0763. The molecule has 1 aliphatic rings. The van der Waals surface area contributed by atoms with Gasteiger partial charge in [-0.05, 0) is 37.0 Å². The van der Waals surface area contributed by atoms with Crippen LogP contribution in [-0.4, -0.2) is 30.5 Å². The molecule has 1 aliphatic heterocycles. The highest BCUT2D eigenvalue weighted by Crippen LogP contribution is 2.27. The number of hydrogen-bond donors (Lipinski definition) is 0. The van der Waals surface area contributed by atoms with Gasteiger partial charge in [-0.15, -0.1) is 0 Å². The zero-order chi connectivity index (χ0) is 16.2. The van der Waals surface area contributed by atoms with Gasteiger partial charge in [0.05, 0.1) is 7.11 Å². The van der Waals surface area contributed by atoms with Gasteiger partial charge in [0.15, 0.2) is 12.4 Å². The predicted octanol–water partition coefficient (Wildman–Crippen LogP) is 2.18. The number of nitrogens with zero attached hydrogens (tertiary/aromatic N) is 2. The molecule has 0 spiro atoms. The fourth-order valence-electron chi connectivity index (χ4n) is 3.19. The van der Waals surface area contributed by atoms with E-state index in [1.807, 2.05) is 29.2 Å². The molecule has 1 aromatic heterocycles. The number of rotatable bonds is 4. The Bertz CT molecular complexity index is 702. The Morgan fingerprint density at radius 2 is 2.17 bits per heavy atom. The number of ether oxygens (including phenoxy) is 1. The van der Waals surface area contributed by atoms with Crippen molar-refractivity contribution in [1.82, 2.24) is 4.90 Å². The number of pyridine rings is 1. The summed E-state index contributed by atoms with van der Waals surface area (Å²) in [6, 6.07) is 11.3. The second-order valence-electron chi connectivity index (χ2n) is 5.76. The minimum Gasteiger partial charge on any atom is -0.619 e. The summed E-state index contributed by atoms with van der Waals surface area (Å²) in [4.78, 5) is 14.6. The van der Waals surface area contributed by atoms with Crippen LogP contribution in [0, 0.1) is 5.21 Å². The first-order valence-corrected chi connectivity index (χ1v) is 7.80. The van der Waals surface area contributed by atoms with Crippen LogP contribution >= 0.6 is 0 Å². The first kappa shape index (κ1) is 15.3. The lowest BCUT2D eigenvalue weighted by atomic mass is 10.0. The number of carbonyl (C=O) groups is 1. The van der Waals surface area contributed by atoms with E-state index >= 15 is 0 Å². The van der Waals surface area contributed by atoms with Crippen LogP contribution in [-0.2, 0) is 6.42 Å². The molecule has 1 aromatic carbocycles. The molecule has 2 heterocycles. The molecule has 1 fully saturated rings. The van der Waals surface area contributed by atoms with E-state index in [0.29, 0.717) is 10.3 Å². The molecule has 1 saturated heterocycles. The summed E-state index contributed by atoms with van der Waals surface area (Å²) in [5, 5.41) is 11.4. The van der Waals surface area contributed by atoms with Gasteiger partial charge in [-0.25, -0.2) is 0 Å². The van der Waals surface area contributed by atoms with E-state index in [0.717, 1.165) is 37.1 Å². The molecule has 0 saturated carbocycles. The standard InChI is InChI=1S/C18H20N2O3/c1-23-17-9-3-2-6-14(17)12-16-8-5-11-20(16)18(21)15-7-4-10-19(22)13-15/h2-4,6-7,9-10,13,16H,5,8,11-12H2,1H3. The fourth-order valence-corrected chi connectivity index (χ4v) is 3.19. The topological polar surface area (TPSA) is 56.5 Å². The molecule has 2 aromatic rings. The Kier molecular flexibility index (Phi) is 4.46. The van der Waals surface area contributed by atoms with Crippen molar-refractivity contribution in [1.29, 1.82) is 0 Å². The van der Waals surface area contributed by atoms with Crippen LogP contribution in [0.15, 0.2) is 48.8 Å². The molecule has 1 amide bonds. The maximum atomic E-state index is 12.7. The van der Waals surface area contributed by atoms with Crippen molar-refractivity contribution in [3.8, 4) is 5.75 Å². The first-order valence-electron chi connectivity index (χ1n) is 7.80.